The molecular formula is C25H25FN2O3S. The van der Waals surface area contributed by atoms with Crippen LogP contribution in [0.25, 0.3) is 11.1 Å². The minimum absolute atomic E-state index is 0.236. The van der Waals surface area contributed by atoms with E-state index in [1.165, 1.54) is 12.1 Å². The Hall–Kier alpha value is -3.03. The number of carbonyl (C=O) groups is 1. The first-order valence-corrected chi connectivity index (χ1v) is 12.1. The number of nitrogens with zero attached hydrogens (tertiary/aromatic N) is 1. The van der Waals surface area contributed by atoms with Crippen molar-refractivity contribution in [2.75, 3.05) is 13.1 Å². The van der Waals surface area contributed by atoms with Gasteiger partial charge in [0.15, 0.2) is 0 Å². The molecule has 1 aliphatic heterocycles. The molecule has 0 aromatic heterocycles. The average Bonchev–Trinajstić information content (AvgIpc) is 2.84. The van der Waals surface area contributed by atoms with Gasteiger partial charge in [-0.25, -0.2) is 12.8 Å². The number of piperidine rings is 1. The van der Waals surface area contributed by atoms with Gasteiger partial charge in [0.25, 0.3) is 5.91 Å². The number of sulfonamides is 1. The Morgan fingerprint density at radius 2 is 1.56 bits per heavy atom. The van der Waals surface area contributed by atoms with E-state index in [9.17, 15) is 17.6 Å². The van der Waals surface area contributed by atoms with Crippen molar-refractivity contribution >= 4 is 15.9 Å². The number of amides is 1. The summed E-state index contributed by atoms with van der Waals surface area (Å²) in [5, 5.41) is 2.83. The first kappa shape index (κ1) is 22.2. The first-order chi connectivity index (χ1) is 15.4. The Balaban J connectivity index is 1.46. The number of halogens is 1. The smallest absolute Gasteiger partial charge is 0.251 e. The van der Waals surface area contributed by atoms with Gasteiger partial charge in [0.2, 0.25) is 10.0 Å². The quantitative estimate of drug-likeness (QED) is 0.595. The predicted molar refractivity (Wildman–Crippen MR) is 122 cm³/mol. The summed E-state index contributed by atoms with van der Waals surface area (Å²) in [7, 11) is -3.47. The molecule has 0 spiro atoms. The van der Waals surface area contributed by atoms with Crippen LogP contribution in [0.1, 0.15) is 35.2 Å². The zero-order chi connectivity index (χ0) is 22.6. The Labute approximate surface area is 187 Å². The molecule has 7 heteroatoms. The summed E-state index contributed by atoms with van der Waals surface area (Å²) < 4.78 is 40.2. The van der Waals surface area contributed by atoms with Crippen LogP contribution in [0.5, 0.6) is 0 Å². The Bertz CT molecular complexity index is 1190. The summed E-state index contributed by atoms with van der Waals surface area (Å²) in [6, 6.07) is 19.9. The van der Waals surface area contributed by atoms with Crippen molar-refractivity contribution < 1.29 is 17.6 Å². The van der Waals surface area contributed by atoms with Gasteiger partial charge >= 0.3 is 0 Å². The van der Waals surface area contributed by atoms with Crippen molar-refractivity contribution in [3.63, 3.8) is 0 Å². The van der Waals surface area contributed by atoms with Crippen LogP contribution in [0.2, 0.25) is 0 Å². The van der Waals surface area contributed by atoms with Gasteiger partial charge < -0.3 is 5.32 Å². The van der Waals surface area contributed by atoms with E-state index in [2.05, 4.69) is 5.32 Å². The Morgan fingerprint density at radius 3 is 2.25 bits per heavy atom. The zero-order valence-corrected chi connectivity index (χ0v) is 18.4. The highest BCUT2D eigenvalue weighted by molar-refractivity contribution is 7.89. The van der Waals surface area contributed by atoms with Crippen LogP contribution >= 0.6 is 0 Å². The van der Waals surface area contributed by atoms with E-state index in [1.54, 1.807) is 58.9 Å². The highest BCUT2D eigenvalue weighted by Gasteiger charge is 2.25. The molecule has 5 nitrogen and oxygen atoms in total. The lowest BCUT2D eigenvalue weighted by molar-refractivity contribution is 0.0951. The van der Waals surface area contributed by atoms with Crippen molar-refractivity contribution in [1.29, 1.82) is 0 Å². The number of rotatable bonds is 6. The van der Waals surface area contributed by atoms with Gasteiger partial charge in [-0.3, -0.25) is 4.79 Å². The SMILES string of the molecule is O=C(NCc1ccc(F)cc1)c1cccc(-c2ccc(S(=O)(=O)N3CCCCC3)cc2)c1. The van der Waals surface area contributed by atoms with E-state index in [0.717, 1.165) is 36.0 Å². The molecule has 0 saturated carbocycles. The van der Waals surface area contributed by atoms with Crippen molar-refractivity contribution in [3.05, 3.63) is 89.7 Å². The number of hydrogen-bond acceptors (Lipinski definition) is 3. The molecule has 32 heavy (non-hydrogen) atoms. The van der Waals surface area contributed by atoms with Crippen LogP contribution < -0.4 is 5.32 Å². The van der Waals surface area contributed by atoms with E-state index in [-0.39, 0.29) is 16.6 Å². The summed E-state index contributed by atoms with van der Waals surface area (Å²) in [5.74, 6) is -0.553. The van der Waals surface area contributed by atoms with Crippen LogP contribution in [0.3, 0.4) is 0 Å². The third-order valence-corrected chi connectivity index (χ3v) is 7.54. The average molecular weight is 453 g/mol. The van der Waals surface area contributed by atoms with E-state index in [1.807, 2.05) is 6.07 Å². The largest absolute Gasteiger partial charge is 0.348 e. The maximum Gasteiger partial charge on any atom is 0.251 e. The van der Waals surface area contributed by atoms with Gasteiger partial charge in [-0.2, -0.15) is 4.31 Å². The fraction of sp³-hybridized carbons (Fsp3) is 0.240. The molecule has 1 fully saturated rings. The molecule has 0 atom stereocenters. The Morgan fingerprint density at radius 1 is 0.875 bits per heavy atom. The maximum absolute atomic E-state index is 13.0. The molecule has 166 valence electrons. The second-order valence-corrected chi connectivity index (χ2v) is 9.82. The molecule has 1 N–H and O–H groups in total. The topological polar surface area (TPSA) is 66.5 Å². The number of benzene rings is 3. The third-order valence-electron chi connectivity index (χ3n) is 5.63. The van der Waals surface area contributed by atoms with Crippen molar-refractivity contribution in [2.24, 2.45) is 0 Å². The summed E-state index contributed by atoms with van der Waals surface area (Å²) in [5.41, 5.74) is 2.95. The molecule has 0 radical (unpaired) electrons. The fourth-order valence-electron chi connectivity index (χ4n) is 3.80. The molecule has 0 aliphatic carbocycles. The van der Waals surface area contributed by atoms with Gasteiger partial charge in [0.1, 0.15) is 5.82 Å². The monoisotopic (exact) mass is 452 g/mol. The maximum atomic E-state index is 13.0. The highest BCUT2D eigenvalue weighted by atomic mass is 32.2. The van der Waals surface area contributed by atoms with Gasteiger partial charge in [-0.05, 0) is 65.9 Å². The number of hydrogen-bond donors (Lipinski definition) is 1. The van der Waals surface area contributed by atoms with Gasteiger partial charge in [0.05, 0.1) is 4.90 Å². The molecule has 1 saturated heterocycles. The summed E-state index contributed by atoms with van der Waals surface area (Å²) >= 11 is 0. The molecular weight excluding hydrogens is 427 g/mol. The Kier molecular flexibility index (Phi) is 6.67. The molecule has 3 aromatic carbocycles. The first-order valence-electron chi connectivity index (χ1n) is 10.7. The third kappa shape index (κ3) is 5.06. The standard InChI is InChI=1S/C25H25FN2O3S/c26-23-11-7-19(8-12-23)18-27-25(29)22-6-4-5-21(17-22)20-9-13-24(14-10-20)32(30,31)28-15-2-1-3-16-28/h4-14,17H,1-3,15-16,18H2,(H,27,29). The predicted octanol–water partition coefficient (Wildman–Crippen LogP) is 4.60. The molecule has 1 aliphatic rings. The van der Waals surface area contributed by atoms with Gasteiger partial charge in [-0.15, -0.1) is 0 Å². The molecule has 1 heterocycles. The van der Waals surface area contributed by atoms with Crippen LogP contribution in [0, 0.1) is 5.82 Å². The molecule has 0 bridgehead atoms. The lowest BCUT2D eigenvalue weighted by Crippen LogP contribution is -2.35. The number of nitrogens with one attached hydrogen (secondary N) is 1. The lowest BCUT2D eigenvalue weighted by atomic mass is 10.0. The zero-order valence-electron chi connectivity index (χ0n) is 17.6. The van der Waals surface area contributed by atoms with Crippen LogP contribution in [-0.2, 0) is 16.6 Å². The van der Waals surface area contributed by atoms with Crippen LogP contribution in [0.4, 0.5) is 4.39 Å². The normalized spacial score (nSPS) is 14.8. The van der Waals surface area contributed by atoms with Gasteiger partial charge in [0, 0.05) is 25.2 Å². The van der Waals surface area contributed by atoms with Crippen LogP contribution in [0.15, 0.2) is 77.7 Å². The van der Waals surface area contributed by atoms with Gasteiger partial charge in [-0.1, -0.05) is 42.8 Å². The van der Waals surface area contributed by atoms with Crippen molar-refractivity contribution in [1.82, 2.24) is 9.62 Å². The molecule has 4 rings (SSSR count). The molecule has 0 unspecified atom stereocenters. The number of carbonyl (C=O) groups excluding carboxylic acids is 1. The second-order valence-electron chi connectivity index (χ2n) is 7.88. The van der Waals surface area contributed by atoms with Crippen molar-refractivity contribution in [3.8, 4) is 11.1 Å². The van der Waals surface area contributed by atoms with Crippen LogP contribution in [-0.4, -0.2) is 31.7 Å². The minimum Gasteiger partial charge on any atom is -0.348 e. The van der Waals surface area contributed by atoms with Crippen molar-refractivity contribution in [2.45, 2.75) is 30.7 Å². The molecule has 1 amide bonds. The highest BCUT2D eigenvalue weighted by Crippen LogP contribution is 2.25. The second kappa shape index (κ2) is 9.63. The van der Waals surface area contributed by atoms with E-state index in [0.29, 0.717) is 25.2 Å². The summed E-state index contributed by atoms with van der Waals surface area (Å²) in [4.78, 5) is 12.8. The summed E-state index contributed by atoms with van der Waals surface area (Å²) in [6.45, 7) is 1.44. The van der Waals surface area contributed by atoms with E-state index < -0.39 is 10.0 Å². The van der Waals surface area contributed by atoms with E-state index in [4.69, 9.17) is 0 Å². The lowest BCUT2D eigenvalue weighted by Gasteiger charge is -2.25. The fourth-order valence-corrected chi connectivity index (χ4v) is 5.32. The summed E-state index contributed by atoms with van der Waals surface area (Å²) in [6.07, 6.45) is 2.86. The van der Waals surface area contributed by atoms with E-state index >= 15 is 0 Å². The molecule has 3 aromatic rings. The minimum atomic E-state index is -3.47.